The molecule has 0 bridgehead atoms. The molecule has 0 radical (unpaired) electrons. The standard InChI is InChI=1S/C13H19BrN4O3/c1-4-6-18-13(20)11(14)10(8-16-18)17-9(2)12(19)15-5-7-21-3/h4,8-9,17H,1,5-7H2,2-3H3,(H,15,19). The number of halogens is 1. The summed E-state index contributed by atoms with van der Waals surface area (Å²) < 4.78 is 6.46. The molecule has 2 N–H and O–H groups in total. The van der Waals surface area contributed by atoms with E-state index in [1.165, 1.54) is 10.9 Å². The van der Waals surface area contributed by atoms with Crippen LogP contribution in [0, 0.1) is 0 Å². The number of nitrogens with zero attached hydrogens (tertiary/aromatic N) is 2. The molecule has 0 aliphatic rings. The number of carbonyl (C=O) groups is 1. The van der Waals surface area contributed by atoms with Crippen molar-refractivity contribution in [1.82, 2.24) is 15.1 Å². The molecule has 116 valence electrons. The van der Waals surface area contributed by atoms with Gasteiger partial charge in [-0.15, -0.1) is 6.58 Å². The van der Waals surface area contributed by atoms with E-state index in [2.05, 4.69) is 38.2 Å². The van der Waals surface area contributed by atoms with Gasteiger partial charge in [-0.2, -0.15) is 5.10 Å². The molecule has 0 saturated carbocycles. The zero-order valence-corrected chi connectivity index (χ0v) is 13.6. The van der Waals surface area contributed by atoms with Crippen molar-refractivity contribution < 1.29 is 9.53 Å². The summed E-state index contributed by atoms with van der Waals surface area (Å²) in [6, 6.07) is -0.505. The van der Waals surface area contributed by atoms with E-state index in [0.717, 1.165) is 0 Å². The third-order valence-electron chi connectivity index (χ3n) is 2.66. The third kappa shape index (κ3) is 4.98. The van der Waals surface area contributed by atoms with Gasteiger partial charge >= 0.3 is 0 Å². The van der Waals surface area contributed by atoms with Crippen molar-refractivity contribution in [1.29, 1.82) is 0 Å². The van der Waals surface area contributed by atoms with Crippen LogP contribution >= 0.6 is 15.9 Å². The fourth-order valence-electron chi connectivity index (χ4n) is 1.55. The van der Waals surface area contributed by atoms with Crippen LogP contribution in [-0.4, -0.2) is 42.0 Å². The van der Waals surface area contributed by atoms with Gasteiger partial charge in [0.05, 0.1) is 25.0 Å². The molecule has 1 amide bonds. The maximum Gasteiger partial charge on any atom is 0.283 e. The second-order valence-corrected chi connectivity index (χ2v) is 5.09. The number of nitrogens with one attached hydrogen (secondary N) is 2. The van der Waals surface area contributed by atoms with E-state index in [4.69, 9.17) is 4.74 Å². The molecule has 1 rings (SSSR count). The van der Waals surface area contributed by atoms with Gasteiger partial charge in [0.25, 0.3) is 5.56 Å². The summed E-state index contributed by atoms with van der Waals surface area (Å²) in [5, 5.41) is 9.66. The molecule has 7 nitrogen and oxygen atoms in total. The minimum atomic E-state index is -0.505. The van der Waals surface area contributed by atoms with Crippen LogP contribution in [0.1, 0.15) is 6.92 Å². The van der Waals surface area contributed by atoms with E-state index in [9.17, 15) is 9.59 Å². The fourth-order valence-corrected chi connectivity index (χ4v) is 1.97. The summed E-state index contributed by atoms with van der Waals surface area (Å²) in [7, 11) is 1.56. The Hall–Kier alpha value is -1.67. The van der Waals surface area contributed by atoms with Gasteiger partial charge in [-0.1, -0.05) is 6.08 Å². The Morgan fingerprint density at radius 1 is 1.67 bits per heavy atom. The van der Waals surface area contributed by atoms with Crippen LogP contribution in [0.25, 0.3) is 0 Å². The molecule has 1 atom stereocenters. The lowest BCUT2D eigenvalue weighted by atomic mass is 10.3. The zero-order chi connectivity index (χ0) is 15.8. The van der Waals surface area contributed by atoms with Gasteiger partial charge in [0, 0.05) is 13.7 Å². The van der Waals surface area contributed by atoms with E-state index in [1.807, 2.05) is 0 Å². The highest BCUT2D eigenvalue weighted by molar-refractivity contribution is 9.10. The van der Waals surface area contributed by atoms with E-state index in [-0.39, 0.29) is 11.5 Å². The number of anilines is 1. The number of carbonyl (C=O) groups excluding carboxylic acids is 1. The molecule has 1 heterocycles. The normalized spacial score (nSPS) is 11.8. The van der Waals surface area contributed by atoms with Crippen LogP contribution < -0.4 is 16.2 Å². The molecule has 21 heavy (non-hydrogen) atoms. The lowest BCUT2D eigenvalue weighted by molar-refractivity contribution is -0.121. The highest BCUT2D eigenvalue weighted by Gasteiger charge is 2.15. The monoisotopic (exact) mass is 358 g/mol. The molecule has 1 aromatic rings. The van der Waals surface area contributed by atoms with E-state index < -0.39 is 6.04 Å². The average molecular weight is 359 g/mol. The molecule has 0 spiro atoms. The number of amides is 1. The number of hydrogen-bond donors (Lipinski definition) is 2. The van der Waals surface area contributed by atoms with Crippen molar-refractivity contribution in [2.45, 2.75) is 19.5 Å². The van der Waals surface area contributed by atoms with Crippen molar-refractivity contribution in [2.24, 2.45) is 0 Å². The van der Waals surface area contributed by atoms with Crippen molar-refractivity contribution in [3.8, 4) is 0 Å². The SMILES string of the molecule is C=CCn1ncc(NC(C)C(=O)NCCOC)c(Br)c1=O. The first-order valence-electron chi connectivity index (χ1n) is 6.41. The maximum atomic E-state index is 12.0. The quantitative estimate of drug-likeness (QED) is 0.529. The molecule has 0 saturated heterocycles. The predicted octanol–water partition coefficient (Wildman–Crippen LogP) is 0.755. The summed E-state index contributed by atoms with van der Waals surface area (Å²) in [6.07, 6.45) is 3.08. The minimum absolute atomic E-state index is 0.186. The van der Waals surface area contributed by atoms with Crippen molar-refractivity contribution in [3.05, 3.63) is 33.7 Å². The fraction of sp³-hybridized carbons (Fsp3) is 0.462. The largest absolute Gasteiger partial charge is 0.383 e. The zero-order valence-electron chi connectivity index (χ0n) is 12.1. The number of methoxy groups -OCH3 is 1. The predicted molar refractivity (Wildman–Crippen MR) is 84.4 cm³/mol. The Morgan fingerprint density at radius 3 is 3.00 bits per heavy atom. The average Bonchev–Trinajstić information content (AvgIpc) is 2.47. The number of hydrogen-bond acceptors (Lipinski definition) is 5. The van der Waals surface area contributed by atoms with Crippen LogP contribution in [0.3, 0.4) is 0 Å². The van der Waals surface area contributed by atoms with Crippen LogP contribution in [0.15, 0.2) is 28.1 Å². The van der Waals surface area contributed by atoms with Crippen molar-refractivity contribution in [2.75, 3.05) is 25.6 Å². The topological polar surface area (TPSA) is 85.2 Å². The van der Waals surface area contributed by atoms with Gasteiger partial charge in [-0.3, -0.25) is 9.59 Å². The van der Waals surface area contributed by atoms with E-state index >= 15 is 0 Å². The number of ether oxygens (including phenoxy) is 1. The van der Waals surface area contributed by atoms with Gasteiger partial charge in [0.15, 0.2) is 0 Å². The summed E-state index contributed by atoms with van der Waals surface area (Å²) in [6.45, 7) is 6.46. The molecular weight excluding hydrogens is 340 g/mol. The van der Waals surface area contributed by atoms with Crippen molar-refractivity contribution in [3.63, 3.8) is 0 Å². The Kier molecular flexibility index (Phi) is 7.10. The van der Waals surface area contributed by atoms with Gasteiger partial charge in [-0.05, 0) is 22.9 Å². The summed E-state index contributed by atoms with van der Waals surface area (Å²) in [5.74, 6) is -0.186. The molecule has 8 heteroatoms. The number of rotatable bonds is 8. The second kappa shape index (κ2) is 8.58. The second-order valence-electron chi connectivity index (χ2n) is 4.30. The molecular formula is C13H19BrN4O3. The first kappa shape index (κ1) is 17.4. The summed E-state index contributed by atoms with van der Waals surface area (Å²) in [5.41, 5.74) is 0.182. The van der Waals surface area contributed by atoms with Crippen LogP contribution in [0.2, 0.25) is 0 Å². The Morgan fingerprint density at radius 2 is 2.38 bits per heavy atom. The molecule has 1 aromatic heterocycles. The first-order chi connectivity index (χ1) is 10.0. The van der Waals surface area contributed by atoms with Crippen LogP contribution in [-0.2, 0) is 16.1 Å². The van der Waals surface area contributed by atoms with Gasteiger partial charge < -0.3 is 15.4 Å². The van der Waals surface area contributed by atoms with E-state index in [1.54, 1.807) is 20.1 Å². The Labute approximate surface area is 131 Å². The highest BCUT2D eigenvalue weighted by atomic mass is 79.9. The Bertz CT molecular complexity index is 559. The summed E-state index contributed by atoms with van der Waals surface area (Å²) >= 11 is 3.22. The molecule has 0 fully saturated rings. The molecule has 1 unspecified atom stereocenters. The number of aromatic nitrogens is 2. The van der Waals surface area contributed by atoms with Gasteiger partial charge in [0.1, 0.15) is 10.5 Å². The van der Waals surface area contributed by atoms with Gasteiger partial charge in [-0.25, -0.2) is 4.68 Å². The minimum Gasteiger partial charge on any atom is -0.383 e. The summed E-state index contributed by atoms with van der Waals surface area (Å²) in [4.78, 5) is 23.8. The molecule has 0 aliphatic carbocycles. The molecule has 0 aliphatic heterocycles. The Balaban J connectivity index is 2.74. The lowest BCUT2D eigenvalue weighted by Gasteiger charge is -2.16. The van der Waals surface area contributed by atoms with Crippen LogP contribution in [0.4, 0.5) is 5.69 Å². The third-order valence-corrected chi connectivity index (χ3v) is 3.42. The van der Waals surface area contributed by atoms with Gasteiger partial charge in [0.2, 0.25) is 5.91 Å². The molecule has 0 aromatic carbocycles. The number of allylic oxidation sites excluding steroid dienone is 1. The highest BCUT2D eigenvalue weighted by Crippen LogP contribution is 2.17. The van der Waals surface area contributed by atoms with E-state index in [0.29, 0.717) is 29.9 Å². The smallest absolute Gasteiger partial charge is 0.283 e. The maximum absolute atomic E-state index is 12.0. The van der Waals surface area contributed by atoms with Crippen LogP contribution in [0.5, 0.6) is 0 Å². The lowest BCUT2D eigenvalue weighted by Crippen LogP contribution is -2.39. The first-order valence-corrected chi connectivity index (χ1v) is 7.20. The van der Waals surface area contributed by atoms with Crippen molar-refractivity contribution >= 4 is 27.5 Å².